The second-order valence-corrected chi connectivity index (χ2v) is 22.5. The monoisotopic (exact) mass is 620 g/mol. The maximum absolute atomic E-state index is 3.83. The molecule has 0 saturated heterocycles. The molecule has 2 aromatic heterocycles. The van der Waals surface area contributed by atoms with Crippen LogP contribution in [0, 0.1) is 0 Å². The van der Waals surface area contributed by atoms with Crippen LogP contribution in [0.4, 0.5) is 0 Å². The fourth-order valence-electron chi connectivity index (χ4n) is 4.99. The zero-order valence-electron chi connectivity index (χ0n) is 18.1. The van der Waals surface area contributed by atoms with E-state index in [-0.39, 0.29) is 0 Å². The van der Waals surface area contributed by atoms with Gasteiger partial charge in [0.05, 0.1) is 0 Å². The number of fused-ring (bicyclic) bond motifs is 3. The minimum absolute atomic E-state index is 1.35. The topological polar surface area (TPSA) is 0 Å². The van der Waals surface area contributed by atoms with E-state index in [1.54, 1.807) is 9.75 Å². The molecular formula is C24H36Br2GeS2. The van der Waals surface area contributed by atoms with E-state index >= 15 is 0 Å². The third kappa shape index (κ3) is 6.03. The van der Waals surface area contributed by atoms with Crippen molar-refractivity contribution in [3.63, 3.8) is 0 Å². The average molecular weight is 621 g/mol. The predicted molar refractivity (Wildman–Crippen MR) is 144 cm³/mol. The molecule has 5 heteroatoms. The molecule has 1 aliphatic heterocycles. The summed E-state index contributed by atoms with van der Waals surface area (Å²) in [7, 11) is 0. The first-order valence-corrected chi connectivity index (χ1v) is 20.0. The maximum atomic E-state index is 3.83. The first-order valence-electron chi connectivity index (χ1n) is 11.7. The number of hydrogen-bond donors (Lipinski definition) is 0. The van der Waals surface area contributed by atoms with Gasteiger partial charge in [-0.3, -0.25) is 0 Å². The Kier molecular flexibility index (Phi) is 10.3. The zero-order chi connectivity index (χ0) is 20.7. The van der Waals surface area contributed by atoms with Crippen LogP contribution in [0.25, 0.3) is 9.75 Å². The average Bonchev–Trinajstić information content (AvgIpc) is 3.33. The molecule has 0 atom stereocenters. The van der Waals surface area contributed by atoms with Crippen molar-refractivity contribution >= 4 is 76.6 Å². The van der Waals surface area contributed by atoms with E-state index in [0.29, 0.717) is 0 Å². The van der Waals surface area contributed by atoms with E-state index in [2.05, 4.69) is 57.8 Å². The van der Waals surface area contributed by atoms with Gasteiger partial charge in [0.1, 0.15) is 0 Å². The summed E-state index contributed by atoms with van der Waals surface area (Å²) >= 11 is 9.38. The van der Waals surface area contributed by atoms with Crippen LogP contribution in [-0.4, -0.2) is 13.3 Å². The summed E-state index contributed by atoms with van der Waals surface area (Å²) in [6, 6.07) is 5.07. The normalized spacial score (nSPS) is 14.3. The molecule has 1 aliphatic rings. The molecule has 2 aromatic rings. The van der Waals surface area contributed by atoms with Crippen molar-refractivity contribution < 1.29 is 0 Å². The predicted octanol–water partition coefficient (Wildman–Crippen LogP) is 9.60. The molecular weight excluding hydrogens is 585 g/mol. The van der Waals surface area contributed by atoms with Crippen LogP contribution in [-0.2, 0) is 0 Å². The van der Waals surface area contributed by atoms with E-state index in [1.807, 2.05) is 31.5 Å². The third-order valence-electron chi connectivity index (χ3n) is 6.56. The van der Waals surface area contributed by atoms with Crippen molar-refractivity contribution in [3.05, 3.63) is 19.7 Å². The summed E-state index contributed by atoms with van der Waals surface area (Å²) < 4.78 is 6.33. The van der Waals surface area contributed by atoms with Gasteiger partial charge in [0.2, 0.25) is 0 Å². The summed E-state index contributed by atoms with van der Waals surface area (Å²) in [4.78, 5) is 3.25. The number of thiophene rings is 2. The Balaban J connectivity index is 1.75. The molecule has 0 amide bonds. The summed E-state index contributed by atoms with van der Waals surface area (Å²) in [6.45, 7) is 4.63. The SMILES string of the molecule is CCCCCCC[CH2][Ge]1([CH2]CCCCCCC)[c]2cc(Br)sc2-c2sc(Br)c[c]21. The van der Waals surface area contributed by atoms with Gasteiger partial charge in [-0.05, 0) is 0 Å². The van der Waals surface area contributed by atoms with Crippen molar-refractivity contribution in [2.75, 3.05) is 0 Å². The summed E-state index contributed by atoms with van der Waals surface area (Å²) in [5.74, 6) is 0. The molecule has 0 spiro atoms. The van der Waals surface area contributed by atoms with E-state index in [1.165, 1.54) is 95.1 Å². The molecule has 0 nitrogen and oxygen atoms in total. The van der Waals surface area contributed by atoms with Gasteiger partial charge in [0.15, 0.2) is 0 Å². The van der Waals surface area contributed by atoms with Crippen LogP contribution in [0.1, 0.15) is 90.9 Å². The Hall–Kier alpha value is 0.903. The molecule has 0 bridgehead atoms. The molecule has 0 radical (unpaired) electrons. The molecule has 162 valence electrons. The number of unbranched alkanes of at least 4 members (excludes halogenated alkanes) is 10. The van der Waals surface area contributed by atoms with E-state index in [9.17, 15) is 0 Å². The van der Waals surface area contributed by atoms with Crippen molar-refractivity contribution in [2.45, 2.75) is 101 Å². The van der Waals surface area contributed by atoms with Gasteiger partial charge in [0.25, 0.3) is 0 Å². The summed E-state index contributed by atoms with van der Waals surface area (Å²) in [5.41, 5.74) is 0. The molecule has 0 fully saturated rings. The number of halogens is 2. The molecule has 0 aromatic carbocycles. The van der Waals surface area contributed by atoms with Crippen molar-refractivity contribution in [2.24, 2.45) is 0 Å². The minimum atomic E-state index is -2.26. The fraction of sp³-hybridized carbons (Fsp3) is 0.667. The summed E-state index contributed by atoms with van der Waals surface area (Å²) in [6.07, 6.45) is 17.0. The van der Waals surface area contributed by atoms with E-state index in [4.69, 9.17) is 0 Å². The number of hydrogen-bond acceptors (Lipinski definition) is 2. The Morgan fingerprint density at radius 1 is 0.621 bits per heavy atom. The van der Waals surface area contributed by atoms with Crippen molar-refractivity contribution in [1.29, 1.82) is 0 Å². The van der Waals surface area contributed by atoms with Gasteiger partial charge in [-0.2, -0.15) is 0 Å². The molecule has 29 heavy (non-hydrogen) atoms. The standard InChI is InChI=1S/C24H36Br2GeS2/c1-3-5-7-9-11-13-15-27(16-14-12-10-8-6-4-2)19-17-21(25)28-23(19)24-20(27)18-22(26)29-24/h17-18H,3-16H2,1-2H3. The van der Waals surface area contributed by atoms with Crippen molar-refractivity contribution in [3.8, 4) is 9.75 Å². The van der Waals surface area contributed by atoms with Crippen LogP contribution >= 0.6 is 54.5 Å². The second-order valence-electron chi connectivity index (χ2n) is 8.70. The molecule has 3 heterocycles. The first-order chi connectivity index (χ1) is 14.1. The fourth-order valence-corrected chi connectivity index (χ4v) is 23.6. The molecule has 0 unspecified atom stereocenters. The van der Waals surface area contributed by atoms with E-state index in [0.717, 1.165) is 0 Å². The number of rotatable bonds is 14. The van der Waals surface area contributed by atoms with Crippen LogP contribution in [0.2, 0.25) is 10.5 Å². The van der Waals surface area contributed by atoms with Gasteiger partial charge in [0, 0.05) is 0 Å². The molecule has 0 N–H and O–H groups in total. The van der Waals surface area contributed by atoms with Gasteiger partial charge < -0.3 is 0 Å². The van der Waals surface area contributed by atoms with Crippen LogP contribution in [0.3, 0.4) is 0 Å². The van der Waals surface area contributed by atoms with Gasteiger partial charge in [-0.1, -0.05) is 0 Å². The Bertz CT molecular complexity index is 701. The van der Waals surface area contributed by atoms with Gasteiger partial charge in [-0.15, -0.1) is 0 Å². The Labute approximate surface area is 205 Å². The van der Waals surface area contributed by atoms with Gasteiger partial charge >= 0.3 is 207 Å². The van der Waals surface area contributed by atoms with Crippen molar-refractivity contribution in [1.82, 2.24) is 0 Å². The zero-order valence-corrected chi connectivity index (χ0v) is 25.0. The third-order valence-corrected chi connectivity index (χ3v) is 21.8. The van der Waals surface area contributed by atoms with E-state index < -0.39 is 13.3 Å². The van der Waals surface area contributed by atoms with Gasteiger partial charge in [-0.25, -0.2) is 0 Å². The molecule has 0 aliphatic carbocycles. The first kappa shape index (κ1) is 24.5. The van der Waals surface area contributed by atoms with Crippen LogP contribution < -0.4 is 8.79 Å². The quantitative estimate of drug-likeness (QED) is 0.146. The summed E-state index contributed by atoms with van der Waals surface area (Å²) in [5, 5.41) is 3.01. The molecule has 0 saturated carbocycles. The Morgan fingerprint density at radius 3 is 1.41 bits per heavy atom. The van der Waals surface area contributed by atoms with Crippen LogP contribution in [0.15, 0.2) is 19.7 Å². The van der Waals surface area contributed by atoms with Crippen LogP contribution in [0.5, 0.6) is 0 Å². The molecule has 3 rings (SSSR count). The Morgan fingerprint density at radius 2 is 1.00 bits per heavy atom. The second kappa shape index (κ2) is 12.2.